The lowest BCUT2D eigenvalue weighted by atomic mass is 9.92. The minimum Gasteiger partial charge on any atom is -0.384 e. The first-order chi connectivity index (χ1) is 9.97. The van der Waals surface area contributed by atoms with Crippen molar-refractivity contribution in [2.45, 2.75) is 38.8 Å². The maximum absolute atomic E-state index is 10.7. The Hall–Kier alpha value is -1.64. The fourth-order valence-corrected chi connectivity index (χ4v) is 2.99. The van der Waals surface area contributed by atoms with Gasteiger partial charge in [0.2, 0.25) is 0 Å². The summed E-state index contributed by atoms with van der Waals surface area (Å²) in [7, 11) is 0. The van der Waals surface area contributed by atoms with Crippen LogP contribution in [0.4, 0.5) is 0 Å². The van der Waals surface area contributed by atoms with E-state index in [1.54, 1.807) is 0 Å². The van der Waals surface area contributed by atoms with Crippen molar-refractivity contribution in [3.63, 3.8) is 0 Å². The SMILES string of the molecule is CC(C)NCC(C)(O)c1ccc2c(c1)Cc1ccccc1-2. The summed E-state index contributed by atoms with van der Waals surface area (Å²) in [6.45, 7) is 6.63. The van der Waals surface area contributed by atoms with Gasteiger partial charge in [0.25, 0.3) is 0 Å². The molecule has 2 aromatic carbocycles. The zero-order chi connectivity index (χ0) is 15.0. The van der Waals surface area contributed by atoms with Crippen molar-refractivity contribution in [2.24, 2.45) is 0 Å². The zero-order valence-corrected chi connectivity index (χ0v) is 13.0. The molecule has 0 aliphatic heterocycles. The molecule has 2 N–H and O–H groups in total. The number of hydrogen-bond donors (Lipinski definition) is 2. The van der Waals surface area contributed by atoms with E-state index in [2.05, 4.69) is 61.6 Å². The molecular weight excluding hydrogens is 258 g/mol. The van der Waals surface area contributed by atoms with E-state index in [0.29, 0.717) is 12.6 Å². The van der Waals surface area contributed by atoms with Gasteiger partial charge < -0.3 is 10.4 Å². The lowest BCUT2D eigenvalue weighted by Crippen LogP contribution is -2.38. The van der Waals surface area contributed by atoms with Crippen molar-refractivity contribution in [3.05, 3.63) is 59.2 Å². The molecule has 1 aliphatic carbocycles. The van der Waals surface area contributed by atoms with E-state index in [-0.39, 0.29) is 0 Å². The maximum Gasteiger partial charge on any atom is 0.0992 e. The number of hydrogen-bond acceptors (Lipinski definition) is 2. The number of nitrogens with one attached hydrogen (secondary N) is 1. The van der Waals surface area contributed by atoms with Gasteiger partial charge in [-0.2, -0.15) is 0 Å². The Bertz CT molecular complexity index is 658. The van der Waals surface area contributed by atoms with Gasteiger partial charge in [-0.25, -0.2) is 0 Å². The van der Waals surface area contributed by atoms with E-state index >= 15 is 0 Å². The summed E-state index contributed by atoms with van der Waals surface area (Å²) in [5.74, 6) is 0. The average molecular weight is 281 g/mol. The van der Waals surface area contributed by atoms with Gasteiger partial charge in [0, 0.05) is 12.6 Å². The van der Waals surface area contributed by atoms with Gasteiger partial charge in [-0.3, -0.25) is 0 Å². The van der Waals surface area contributed by atoms with E-state index in [1.165, 1.54) is 22.3 Å². The van der Waals surface area contributed by atoms with E-state index in [4.69, 9.17) is 0 Å². The van der Waals surface area contributed by atoms with E-state index in [0.717, 1.165) is 12.0 Å². The maximum atomic E-state index is 10.7. The van der Waals surface area contributed by atoms with Crippen molar-refractivity contribution >= 4 is 0 Å². The molecule has 0 heterocycles. The second-order valence-electron chi connectivity index (χ2n) is 6.52. The second-order valence-corrected chi connectivity index (χ2v) is 6.52. The highest BCUT2D eigenvalue weighted by Gasteiger charge is 2.26. The Balaban J connectivity index is 1.90. The van der Waals surface area contributed by atoms with Crippen LogP contribution < -0.4 is 5.32 Å². The van der Waals surface area contributed by atoms with E-state index in [1.807, 2.05) is 6.92 Å². The number of aliphatic hydroxyl groups is 1. The molecule has 0 saturated heterocycles. The molecule has 21 heavy (non-hydrogen) atoms. The molecular formula is C19H23NO. The molecule has 2 heteroatoms. The first-order valence-electron chi connectivity index (χ1n) is 7.65. The smallest absolute Gasteiger partial charge is 0.0992 e. The van der Waals surface area contributed by atoms with Crippen molar-refractivity contribution in [2.75, 3.05) is 6.54 Å². The summed E-state index contributed by atoms with van der Waals surface area (Å²) in [4.78, 5) is 0. The molecule has 1 unspecified atom stereocenters. The van der Waals surface area contributed by atoms with Gasteiger partial charge >= 0.3 is 0 Å². The summed E-state index contributed by atoms with van der Waals surface area (Å²) < 4.78 is 0. The Morgan fingerprint density at radius 3 is 2.57 bits per heavy atom. The van der Waals surface area contributed by atoms with E-state index in [9.17, 15) is 5.11 Å². The molecule has 0 fully saturated rings. The zero-order valence-electron chi connectivity index (χ0n) is 13.0. The van der Waals surface area contributed by atoms with Crippen LogP contribution in [0.15, 0.2) is 42.5 Å². The van der Waals surface area contributed by atoms with Crippen LogP contribution in [0.25, 0.3) is 11.1 Å². The van der Waals surface area contributed by atoms with Gasteiger partial charge in [0.15, 0.2) is 0 Å². The van der Waals surface area contributed by atoms with Gasteiger partial charge in [-0.1, -0.05) is 56.3 Å². The normalized spacial score (nSPS) is 15.7. The Labute approximate surface area is 126 Å². The molecule has 0 radical (unpaired) electrons. The third kappa shape index (κ3) is 2.74. The first kappa shape index (κ1) is 14.3. The van der Waals surface area contributed by atoms with Crippen LogP contribution >= 0.6 is 0 Å². The predicted molar refractivity (Wildman–Crippen MR) is 87.4 cm³/mol. The molecule has 1 aliphatic rings. The lowest BCUT2D eigenvalue weighted by Gasteiger charge is -2.26. The monoisotopic (exact) mass is 281 g/mol. The minimum atomic E-state index is -0.839. The van der Waals surface area contributed by atoms with Crippen molar-refractivity contribution in [1.29, 1.82) is 0 Å². The summed E-state index contributed by atoms with van der Waals surface area (Å²) >= 11 is 0. The highest BCUT2D eigenvalue weighted by atomic mass is 16.3. The van der Waals surface area contributed by atoms with Crippen molar-refractivity contribution < 1.29 is 5.11 Å². The summed E-state index contributed by atoms with van der Waals surface area (Å²) in [5.41, 5.74) is 5.49. The molecule has 1 atom stereocenters. The topological polar surface area (TPSA) is 32.3 Å². The Morgan fingerprint density at radius 2 is 1.81 bits per heavy atom. The molecule has 0 amide bonds. The molecule has 0 bridgehead atoms. The third-order valence-corrected chi connectivity index (χ3v) is 4.27. The van der Waals surface area contributed by atoms with Crippen molar-refractivity contribution in [1.82, 2.24) is 5.32 Å². The van der Waals surface area contributed by atoms with Gasteiger partial charge in [0.05, 0.1) is 5.60 Å². The van der Waals surface area contributed by atoms with Gasteiger partial charge in [0.1, 0.15) is 0 Å². The molecule has 0 saturated carbocycles. The number of fused-ring (bicyclic) bond motifs is 3. The Morgan fingerprint density at radius 1 is 1.10 bits per heavy atom. The first-order valence-corrected chi connectivity index (χ1v) is 7.65. The summed E-state index contributed by atoms with van der Waals surface area (Å²) in [5, 5.41) is 14.0. The summed E-state index contributed by atoms with van der Waals surface area (Å²) in [6.07, 6.45) is 0.965. The van der Waals surface area contributed by atoms with Crippen LogP contribution in [0, 0.1) is 0 Å². The van der Waals surface area contributed by atoms with Crippen molar-refractivity contribution in [3.8, 4) is 11.1 Å². The van der Waals surface area contributed by atoms with Crippen LogP contribution in [0.3, 0.4) is 0 Å². The van der Waals surface area contributed by atoms with E-state index < -0.39 is 5.60 Å². The van der Waals surface area contributed by atoms with Gasteiger partial charge in [-0.05, 0) is 41.2 Å². The second kappa shape index (κ2) is 5.28. The molecule has 110 valence electrons. The fourth-order valence-electron chi connectivity index (χ4n) is 2.99. The summed E-state index contributed by atoms with van der Waals surface area (Å²) in [6, 6.07) is 15.3. The molecule has 3 rings (SSSR count). The fraction of sp³-hybridized carbons (Fsp3) is 0.368. The molecule has 2 aromatic rings. The third-order valence-electron chi connectivity index (χ3n) is 4.27. The predicted octanol–water partition coefficient (Wildman–Crippen LogP) is 3.46. The highest BCUT2D eigenvalue weighted by molar-refractivity contribution is 5.77. The molecule has 0 spiro atoms. The lowest BCUT2D eigenvalue weighted by molar-refractivity contribution is 0.0549. The van der Waals surface area contributed by atoms with Crippen LogP contribution in [0.1, 0.15) is 37.5 Å². The van der Waals surface area contributed by atoms with Crippen LogP contribution in [-0.4, -0.2) is 17.7 Å². The number of benzene rings is 2. The average Bonchev–Trinajstić information content (AvgIpc) is 2.83. The molecule has 0 aromatic heterocycles. The van der Waals surface area contributed by atoms with Crippen LogP contribution in [0.2, 0.25) is 0 Å². The quantitative estimate of drug-likeness (QED) is 0.767. The largest absolute Gasteiger partial charge is 0.384 e. The minimum absolute atomic E-state index is 0.371. The van der Waals surface area contributed by atoms with Gasteiger partial charge in [-0.15, -0.1) is 0 Å². The molecule has 2 nitrogen and oxygen atoms in total. The standard InChI is InChI=1S/C19H23NO/c1-13(2)20-12-19(3,21)16-8-9-18-15(11-16)10-14-6-4-5-7-17(14)18/h4-9,11,13,20-21H,10,12H2,1-3H3. The Kier molecular flexibility index (Phi) is 3.60. The number of rotatable bonds is 4. The van der Waals surface area contributed by atoms with Crippen LogP contribution in [0.5, 0.6) is 0 Å². The van der Waals surface area contributed by atoms with Crippen LogP contribution in [-0.2, 0) is 12.0 Å². The highest BCUT2D eigenvalue weighted by Crippen LogP contribution is 2.38.